The van der Waals surface area contributed by atoms with E-state index < -0.39 is 5.97 Å². The number of hydroxylamine groups is 1. The number of allylic oxidation sites excluding steroid dienone is 1. The smallest absolute Gasteiger partial charge is 0.363 e. The molecule has 1 aromatic rings. The van der Waals surface area contributed by atoms with Gasteiger partial charge < -0.3 is 19.0 Å². The van der Waals surface area contributed by atoms with Crippen molar-refractivity contribution >= 4 is 17.7 Å². The van der Waals surface area contributed by atoms with Crippen molar-refractivity contribution in [3.8, 4) is 17.2 Å². The highest BCUT2D eigenvalue weighted by Gasteiger charge is 2.18. The van der Waals surface area contributed by atoms with E-state index >= 15 is 0 Å². The molecule has 0 atom stereocenters. The highest BCUT2D eigenvalue weighted by molar-refractivity contribution is 7.99. The molecule has 0 amide bonds. The molecule has 0 saturated heterocycles. The van der Waals surface area contributed by atoms with Gasteiger partial charge in [-0.2, -0.15) is 11.8 Å². The summed E-state index contributed by atoms with van der Waals surface area (Å²) in [6.45, 7) is 0. The monoisotopic (exact) mass is 325 g/mol. The molecule has 1 N–H and O–H groups in total. The Morgan fingerprint density at radius 3 is 2.32 bits per heavy atom. The zero-order valence-electron chi connectivity index (χ0n) is 12.8. The first-order valence-electron chi connectivity index (χ1n) is 6.73. The number of benzene rings is 1. The number of methoxy groups -OCH3 is 3. The van der Waals surface area contributed by atoms with Crippen LogP contribution >= 0.6 is 11.8 Å². The molecule has 0 unspecified atom stereocenters. The molecule has 1 aromatic carbocycles. The van der Waals surface area contributed by atoms with Crippen molar-refractivity contribution in [2.24, 2.45) is 0 Å². The van der Waals surface area contributed by atoms with Crippen molar-refractivity contribution in [3.05, 3.63) is 29.5 Å². The van der Waals surface area contributed by atoms with Gasteiger partial charge in [0.05, 0.1) is 26.9 Å². The van der Waals surface area contributed by atoms with E-state index in [0.29, 0.717) is 22.8 Å². The third-order valence-electron chi connectivity index (χ3n) is 3.14. The van der Waals surface area contributed by atoms with Crippen molar-refractivity contribution in [1.82, 2.24) is 5.48 Å². The number of hydrogen-bond donors (Lipinski definition) is 1. The van der Waals surface area contributed by atoms with Gasteiger partial charge in [-0.15, -0.1) is 0 Å². The van der Waals surface area contributed by atoms with Crippen LogP contribution in [-0.2, 0) is 4.84 Å². The number of carbonyl (C=O) groups is 1. The number of nitrogens with one attached hydrogen (secondary N) is 1. The van der Waals surface area contributed by atoms with Gasteiger partial charge in [0.2, 0.25) is 5.75 Å². The Balaban J connectivity index is 2.13. The Labute approximate surface area is 133 Å². The lowest BCUT2D eigenvalue weighted by Crippen LogP contribution is -2.21. The number of hydrogen-bond acceptors (Lipinski definition) is 7. The molecular formula is C15H19NO5S. The predicted molar refractivity (Wildman–Crippen MR) is 84.7 cm³/mol. The van der Waals surface area contributed by atoms with Crippen LogP contribution in [0.3, 0.4) is 0 Å². The van der Waals surface area contributed by atoms with Gasteiger partial charge in [0, 0.05) is 11.4 Å². The summed E-state index contributed by atoms with van der Waals surface area (Å²) < 4.78 is 15.7. The van der Waals surface area contributed by atoms with Crippen molar-refractivity contribution in [2.45, 2.75) is 6.42 Å². The molecule has 6 nitrogen and oxygen atoms in total. The van der Waals surface area contributed by atoms with E-state index in [1.54, 1.807) is 12.1 Å². The normalized spacial score (nSPS) is 13.9. The summed E-state index contributed by atoms with van der Waals surface area (Å²) in [6.07, 6.45) is 2.86. The van der Waals surface area contributed by atoms with Crippen molar-refractivity contribution in [1.29, 1.82) is 0 Å². The minimum atomic E-state index is -0.515. The first kappa shape index (κ1) is 16.4. The quantitative estimate of drug-likeness (QED) is 0.806. The van der Waals surface area contributed by atoms with Gasteiger partial charge in [0.15, 0.2) is 11.5 Å². The fourth-order valence-corrected chi connectivity index (χ4v) is 2.84. The Hall–Kier alpha value is -2.02. The zero-order chi connectivity index (χ0) is 15.9. The fraction of sp³-hybridized carbons (Fsp3) is 0.400. The second kappa shape index (κ2) is 7.84. The predicted octanol–water partition coefficient (Wildman–Crippen LogP) is 2.39. The van der Waals surface area contributed by atoms with E-state index in [2.05, 4.69) is 5.48 Å². The maximum atomic E-state index is 12.2. The van der Waals surface area contributed by atoms with Crippen molar-refractivity contribution in [2.75, 3.05) is 32.8 Å². The molecule has 22 heavy (non-hydrogen) atoms. The van der Waals surface area contributed by atoms with Crippen LogP contribution in [0.4, 0.5) is 0 Å². The Kier molecular flexibility index (Phi) is 5.83. The largest absolute Gasteiger partial charge is 0.493 e. The minimum absolute atomic E-state index is 0.313. The highest BCUT2D eigenvalue weighted by atomic mass is 32.2. The summed E-state index contributed by atoms with van der Waals surface area (Å²) in [6, 6.07) is 3.10. The summed E-state index contributed by atoms with van der Waals surface area (Å²) in [5.41, 5.74) is 3.94. The van der Waals surface area contributed by atoms with E-state index in [1.807, 2.05) is 17.8 Å². The zero-order valence-corrected chi connectivity index (χ0v) is 13.6. The van der Waals surface area contributed by atoms with Crippen molar-refractivity contribution in [3.63, 3.8) is 0 Å². The molecule has 0 radical (unpaired) electrons. The van der Waals surface area contributed by atoms with E-state index in [4.69, 9.17) is 19.0 Å². The molecule has 0 bridgehead atoms. The summed E-state index contributed by atoms with van der Waals surface area (Å²) in [5, 5.41) is 0. The number of carbonyl (C=O) groups excluding carboxylic acids is 1. The van der Waals surface area contributed by atoms with Gasteiger partial charge in [-0.3, -0.25) is 0 Å². The first-order valence-corrected chi connectivity index (χ1v) is 7.89. The van der Waals surface area contributed by atoms with E-state index in [1.165, 1.54) is 21.3 Å². The minimum Gasteiger partial charge on any atom is -0.493 e. The third kappa shape index (κ3) is 3.79. The molecule has 7 heteroatoms. The molecule has 2 rings (SSSR count). The summed E-state index contributed by atoms with van der Waals surface area (Å²) in [5.74, 6) is 2.66. The van der Waals surface area contributed by atoms with Crippen LogP contribution < -0.4 is 19.7 Å². The van der Waals surface area contributed by atoms with Crippen LogP contribution in [0.25, 0.3) is 0 Å². The van der Waals surface area contributed by atoms with Gasteiger partial charge in [-0.25, -0.2) is 10.3 Å². The molecule has 1 aliphatic rings. The standard InChI is InChI=1S/C15H19NO5S/c1-18-12-8-10(9-13(19-2)14(12)20-3)15(17)21-16-11-4-6-22-7-5-11/h4,8-9,16H,5-7H2,1-3H3. The van der Waals surface area contributed by atoms with E-state index in [9.17, 15) is 4.79 Å². The van der Waals surface area contributed by atoms with Gasteiger partial charge in [-0.05, 0) is 24.3 Å². The number of rotatable bonds is 6. The van der Waals surface area contributed by atoms with Gasteiger partial charge in [-0.1, -0.05) is 6.08 Å². The van der Waals surface area contributed by atoms with Crippen molar-refractivity contribution < 1.29 is 23.8 Å². The van der Waals surface area contributed by atoms with Crippen LogP contribution in [-0.4, -0.2) is 38.8 Å². The lowest BCUT2D eigenvalue weighted by Gasteiger charge is -2.16. The molecule has 0 saturated carbocycles. The SMILES string of the molecule is COc1cc(C(=O)ONC2=CCSCC2)cc(OC)c1OC. The highest BCUT2D eigenvalue weighted by Crippen LogP contribution is 2.38. The summed E-state index contributed by atoms with van der Waals surface area (Å²) in [7, 11) is 4.50. The maximum absolute atomic E-state index is 12.2. The number of ether oxygens (including phenoxy) is 3. The Morgan fingerprint density at radius 2 is 1.82 bits per heavy atom. The molecule has 120 valence electrons. The lowest BCUT2D eigenvalue weighted by molar-refractivity contribution is 0.0317. The van der Waals surface area contributed by atoms with Gasteiger partial charge in [0.25, 0.3) is 0 Å². The molecule has 0 spiro atoms. The second-order valence-corrected chi connectivity index (χ2v) is 5.61. The molecular weight excluding hydrogens is 306 g/mol. The average molecular weight is 325 g/mol. The molecule has 0 aliphatic carbocycles. The number of thioether (sulfide) groups is 1. The van der Waals surface area contributed by atoms with Gasteiger partial charge >= 0.3 is 5.97 Å². The fourth-order valence-electron chi connectivity index (χ4n) is 1.99. The second-order valence-electron chi connectivity index (χ2n) is 4.46. The Morgan fingerprint density at radius 1 is 1.14 bits per heavy atom. The lowest BCUT2D eigenvalue weighted by atomic mass is 10.2. The average Bonchev–Trinajstić information content (AvgIpc) is 2.59. The maximum Gasteiger partial charge on any atom is 0.363 e. The topological polar surface area (TPSA) is 66.0 Å². The molecule has 0 aromatic heterocycles. The first-order chi connectivity index (χ1) is 10.7. The van der Waals surface area contributed by atoms with Crippen LogP contribution in [0.2, 0.25) is 0 Å². The van der Waals surface area contributed by atoms with Crippen LogP contribution in [0.1, 0.15) is 16.8 Å². The van der Waals surface area contributed by atoms with Gasteiger partial charge in [0.1, 0.15) is 0 Å². The molecule has 1 heterocycles. The summed E-state index contributed by atoms with van der Waals surface area (Å²) in [4.78, 5) is 17.3. The van der Waals surface area contributed by atoms with E-state index in [-0.39, 0.29) is 0 Å². The van der Waals surface area contributed by atoms with Crippen LogP contribution in [0.15, 0.2) is 23.9 Å². The van der Waals surface area contributed by atoms with Crippen LogP contribution in [0, 0.1) is 0 Å². The Bertz CT molecular complexity index is 548. The molecule has 0 fully saturated rings. The van der Waals surface area contributed by atoms with Crippen LogP contribution in [0.5, 0.6) is 17.2 Å². The summed E-state index contributed by atoms with van der Waals surface area (Å²) >= 11 is 1.84. The third-order valence-corrected chi connectivity index (χ3v) is 4.03. The molecule has 1 aliphatic heterocycles. The van der Waals surface area contributed by atoms with E-state index in [0.717, 1.165) is 23.6 Å².